The average Bonchev–Trinajstić information content (AvgIpc) is 2.32. The molecule has 0 fully saturated rings. The van der Waals surface area contributed by atoms with Gasteiger partial charge < -0.3 is 5.11 Å². The highest BCUT2D eigenvalue weighted by Crippen LogP contribution is 2.22. The van der Waals surface area contributed by atoms with Crippen LogP contribution in [0.4, 0.5) is 0 Å². The summed E-state index contributed by atoms with van der Waals surface area (Å²) in [6.45, 7) is 6.44. The molecule has 1 heteroatoms. The molecule has 1 unspecified atom stereocenters. The standard InChI is InChI=1S/C16H26O/c1-4-5-6-7-8-9-16(17)15-11-10-13(2)14(3)12-15/h10-12,16-17H,4-9H2,1-3H3. The maximum Gasteiger partial charge on any atom is 0.0790 e. The Labute approximate surface area is 106 Å². The fourth-order valence-corrected chi connectivity index (χ4v) is 2.08. The number of aliphatic hydroxyl groups is 1. The highest BCUT2D eigenvalue weighted by molar-refractivity contribution is 5.30. The number of aliphatic hydroxyl groups excluding tert-OH is 1. The lowest BCUT2D eigenvalue weighted by atomic mass is 9.99. The summed E-state index contributed by atoms with van der Waals surface area (Å²) in [4.78, 5) is 0. The van der Waals surface area contributed by atoms with Gasteiger partial charge >= 0.3 is 0 Å². The third-order valence-corrected chi connectivity index (χ3v) is 3.50. The molecule has 1 atom stereocenters. The van der Waals surface area contributed by atoms with E-state index in [1.807, 2.05) is 0 Å². The summed E-state index contributed by atoms with van der Waals surface area (Å²) in [5.41, 5.74) is 3.64. The van der Waals surface area contributed by atoms with Crippen molar-refractivity contribution < 1.29 is 5.11 Å². The van der Waals surface area contributed by atoms with Gasteiger partial charge in [0.05, 0.1) is 6.10 Å². The number of hydrogen-bond donors (Lipinski definition) is 1. The van der Waals surface area contributed by atoms with Crippen molar-refractivity contribution in [2.75, 3.05) is 0 Å². The second-order valence-corrected chi connectivity index (χ2v) is 5.06. The van der Waals surface area contributed by atoms with E-state index in [2.05, 4.69) is 39.0 Å². The van der Waals surface area contributed by atoms with E-state index in [0.29, 0.717) is 0 Å². The van der Waals surface area contributed by atoms with E-state index in [-0.39, 0.29) is 6.10 Å². The monoisotopic (exact) mass is 234 g/mol. The van der Waals surface area contributed by atoms with Gasteiger partial charge in [0, 0.05) is 0 Å². The van der Waals surface area contributed by atoms with Gasteiger partial charge in [0.15, 0.2) is 0 Å². The Morgan fingerprint density at radius 3 is 2.35 bits per heavy atom. The van der Waals surface area contributed by atoms with E-state index in [9.17, 15) is 5.11 Å². The van der Waals surface area contributed by atoms with Crippen molar-refractivity contribution in [2.24, 2.45) is 0 Å². The Hall–Kier alpha value is -0.820. The first-order chi connectivity index (χ1) is 8.15. The topological polar surface area (TPSA) is 20.2 Å². The van der Waals surface area contributed by atoms with Crippen LogP contribution in [0.15, 0.2) is 18.2 Å². The van der Waals surface area contributed by atoms with Crippen LogP contribution in [-0.4, -0.2) is 5.11 Å². The Kier molecular flexibility index (Phi) is 6.28. The van der Waals surface area contributed by atoms with Crippen LogP contribution in [0.5, 0.6) is 0 Å². The van der Waals surface area contributed by atoms with Gasteiger partial charge in [0.1, 0.15) is 0 Å². The summed E-state index contributed by atoms with van der Waals surface area (Å²) in [6, 6.07) is 6.27. The number of rotatable bonds is 7. The van der Waals surface area contributed by atoms with Gasteiger partial charge in [0.25, 0.3) is 0 Å². The maximum absolute atomic E-state index is 10.1. The van der Waals surface area contributed by atoms with Gasteiger partial charge in [-0.25, -0.2) is 0 Å². The third-order valence-electron chi connectivity index (χ3n) is 3.50. The number of hydrogen-bond acceptors (Lipinski definition) is 1. The molecule has 0 aliphatic carbocycles. The smallest absolute Gasteiger partial charge is 0.0790 e. The second-order valence-electron chi connectivity index (χ2n) is 5.06. The molecule has 1 N–H and O–H groups in total. The average molecular weight is 234 g/mol. The first-order valence-electron chi connectivity index (χ1n) is 6.90. The molecular weight excluding hydrogens is 208 g/mol. The quantitative estimate of drug-likeness (QED) is 0.678. The molecule has 0 bridgehead atoms. The molecule has 0 saturated carbocycles. The molecule has 0 spiro atoms. The van der Waals surface area contributed by atoms with Crippen LogP contribution in [0.1, 0.15) is 68.2 Å². The third kappa shape index (κ3) is 4.91. The van der Waals surface area contributed by atoms with Crippen molar-refractivity contribution in [3.8, 4) is 0 Å². The minimum Gasteiger partial charge on any atom is -0.388 e. The van der Waals surface area contributed by atoms with Gasteiger partial charge in [-0.05, 0) is 37.0 Å². The summed E-state index contributed by atoms with van der Waals surface area (Å²) in [5.74, 6) is 0. The lowest BCUT2D eigenvalue weighted by Gasteiger charge is -2.12. The van der Waals surface area contributed by atoms with E-state index in [4.69, 9.17) is 0 Å². The highest BCUT2D eigenvalue weighted by atomic mass is 16.3. The Morgan fingerprint density at radius 2 is 1.71 bits per heavy atom. The largest absolute Gasteiger partial charge is 0.388 e. The molecule has 96 valence electrons. The molecule has 0 aliphatic heterocycles. The molecule has 1 nitrogen and oxygen atoms in total. The predicted octanol–water partition coefficient (Wildman–Crippen LogP) is 4.70. The molecule has 0 radical (unpaired) electrons. The highest BCUT2D eigenvalue weighted by Gasteiger charge is 2.07. The Balaban J connectivity index is 2.36. The first kappa shape index (κ1) is 14.2. The van der Waals surface area contributed by atoms with E-state index >= 15 is 0 Å². The Morgan fingerprint density at radius 1 is 1.00 bits per heavy atom. The SMILES string of the molecule is CCCCCCCC(O)c1ccc(C)c(C)c1. The second kappa shape index (κ2) is 7.50. The van der Waals surface area contributed by atoms with Crippen LogP contribution in [0, 0.1) is 13.8 Å². The van der Waals surface area contributed by atoms with Crippen LogP contribution in [0.25, 0.3) is 0 Å². The van der Waals surface area contributed by atoms with Gasteiger partial charge in [-0.2, -0.15) is 0 Å². The summed E-state index contributed by atoms with van der Waals surface area (Å²) in [7, 11) is 0. The molecule has 0 heterocycles. The number of aryl methyl sites for hydroxylation is 2. The van der Waals surface area contributed by atoms with Crippen molar-refractivity contribution in [1.29, 1.82) is 0 Å². The van der Waals surface area contributed by atoms with Crippen molar-refractivity contribution in [2.45, 2.75) is 65.4 Å². The van der Waals surface area contributed by atoms with Gasteiger partial charge in [-0.15, -0.1) is 0 Å². The van der Waals surface area contributed by atoms with Crippen LogP contribution in [-0.2, 0) is 0 Å². The molecular formula is C16H26O. The summed E-state index contributed by atoms with van der Waals surface area (Å²) in [6.07, 6.45) is 6.89. The van der Waals surface area contributed by atoms with Gasteiger partial charge in [-0.1, -0.05) is 57.2 Å². The van der Waals surface area contributed by atoms with E-state index < -0.39 is 0 Å². The number of benzene rings is 1. The molecule has 1 aromatic carbocycles. The van der Waals surface area contributed by atoms with Crippen LogP contribution in [0.2, 0.25) is 0 Å². The first-order valence-corrected chi connectivity index (χ1v) is 6.90. The van der Waals surface area contributed by atoms with E-state index in [0.717, 1.165) is 18.4 Å². The molecule has 0 aliphatic rings. The Bertz CT molecular complexity index is 330. The number of unbranched alkanes of at least 4 members (excludes halogenated alkanes) is 4. The summed E-state index contributed by atoms with van der Waals surface area (Å²) in [5, 5.41) is 10.1. The molecule has 17 heavy (non-hydrogen) atoms. The van der Waals surface area contributed by atoms with Crippen molar-refractivity contribution in [3.05, 3.63) is 34.9 Å². The van der Waals surface area contributed by atoms with Crippen LogP contribution < -0.4 is 0 Å². The molecule has 1 rings (SSSR count). The van der Waals surface area contributed by atoms with Crippen molar-refractivity contribution >= 4 is 0 Å². The summed E-state index contributed by atoms with van der Waals surface area (Å²) < 4.78 is 0. The molecule has 0 aromatic heterocycles. The zero-order valence-corrected chi connectivity index (χ0v) is 11.5. The predicted molar refractivity (Wildman–Crippen MR) is 74.3 cm³/mol. The minimum absolute atomic E-state index is 0.282. The van der Waals surface area contributed by atoms with Crippen LogP contribution >= 0.6 is 0 Å². The maximum atomic E-state index is 10.1. The molecule has 0 amide bonds. The van der Waals surface area contributed by atoms with Crippen molar-refractivity contribution in [3.63, 3.8) is 0 Å². The lowest BCUT2D eigenvalue weighted by molar-refractivity contribution is 0.163. The minimum atomic E-state index is -0.282. The molecule has 1 aromatic rings. The van der Waals surface area contributed by atoms with Gasteiger partial charge in [0.2, 0.25) is 0 Å². The summed E-state index contributed by atoms with van der Waals surface area (Å²) >= 11 is 0. The van der Waals surface area contributed by atoms with E-state index in [1.54, 1.807) is 0 Å². The van der Waals surface area contributed by atoms with E-state index in [1.165, 1.54) is 36.8 Å². The normalized spacial score (nSPS) is 12.7. The van der Waals surface area contributed by atoms with Gasteiger partial charge in [-0.3, -0.25) is 0 Å². The fourth-order valence-electron chi connectivity index (χ4n) is 2.08. The zero-order chi connectivity index (χ0) is 12.7. The fraction of sp³-hybridized carbons (Fsp3) is 0.625. The van der Waals surface area contributed by atoms with Crippen LogP contribution in [0.3, 0.4) is 0 Å². The molecule has 0 saturated heterocycles. The van der Waals surface area contributed by atoms with Crippen molar-refractivity contribution in [1.82, 2.24) is 0 Å². The lowest BCUT2D eigenvalue weighted by Crippen LogP contribution is -1.98. The zero-order valence-electron chi connectivity index (χ0n) is 11.5.